The second-order valence-electron chi connectivity index (χ2n) is 5.57. The lowest BCUT2D eigenvalue weighted by Crippen LogP contribution is -2.31. The summed E-state index contributed by atoms with van der Waals surface area (Å²) in [5.74, 6) is -0.849. The van der Waals surface area contributed by atoms with Crippen molar-refractivity contribution in [2.75, 3.05) is 6.61 Å². The number of hydrogen-bond acceptors (Lipinski definition) is 5. The molecule has 120 valence electrons. The van der Waals surface area contributed by atoms with Crippen LogP contribution < -0.4 is 5.32 Å². The number of nitrogens with one attached hydrogen (secondary N) is 2. The van der Waals surface area contributed by atoms with Crippen LogP contribution in [0.4, 0.5) is 0 Å². The Balaban J connectivity index is 2.14. The third-order valence-corrected chi connectivity index (χ3v) is 3.35. The normalized spacial score (nSPS) is 24.0. The summed E-state index contributed by atoms with van der Waals surface area (Å²) in [6.07, 6.45) is 7.38. The highest BCUT2D eigenvalue weighted by atomic mass is 16.5. The van der Waals surface area contributed by atoms with E-state index in [1.807, 2.05) is 13.8 Å². The zero-order chi connectivity index (χ0) is 16.1. The molecule has 0 amide bonds. The van der Waals surface area contributed by atoms with Crippen LogP contribution in [0.1, 0.15) is 33.1 Å². The van der Waals surface area contributed by atoms with Gasteiger partial charge in [-0.05, 0) is 39.2 Å². The maximum atomic E-state index is 11.4. The van der Waals surface area contributed by atoms with Crippen LogP contribution >= 0.6 is 0 Å². The third-order valence-electron chi connectivity index (χ3n) is 3.35. The van der Waals surface area contributed by atoms with Crippen molar-refractivity contribution < 1.29 is 19.4 Å². The number of rotatable bonds is 5. The van der Waals surface area contributed by atoms with E-state index in [0.29, 0.717) is 5.57 Å². The molecule has 0 bridgehead atoms. The number of carbonyl (C=O) groups is 1. The van der Waals surface area contributed by atoms with Crippen LogP contribution in [0.15, 0.2) is 35.3 Å². The lowest BCUT2D eigenvalue weighted by molar-refractivity contribution is -0.132. The Morgan fingerprint density at radius 3 is 2.86 bits per heavy atom. The van der Waals surface area contributed by atoms with Crippen molar-refractivity contribution in [1.29, 1.82) is 5.41 Å². The molecule has 0 saturated carbocycles. The molecular weight excluding hydrogens is 284 g/mol. The molecule has 1 saturated heterocycles. The molecule has 6 nitrogen and oxygen atoms in total. The average Bonchev–Trinajstić information content (AvgIpc) is 2.46. The molecule has 1 unspecified atom stereocenters. The van der Waals surface area contributed by atoms with Gasteiger partial charge in [0.05, 0.1) is 11.8 Å². The van der Waals surface area contributed by atoms with Gasteiger partial charge in [0.2, 0.25) is 0 Å². The Bertz CT molecular complexity index is 540. The van der Waals surface area contributed by atoms with Crippen LogP contribution in [0.5, 0.6) is 0 Å². The first-order valence-corrected chi connectivity index (χ1v) is 7.48. The second-order valence-corrected chi connectivity index (χ2v) is 5.57. The van der Waals surface area contributed by atoms with E-state index in [1.54, 1.807) is 6.20 Å². The molecule has 1 aliphatic heterocycles. The van der Waals surface area contributed by atoms with Crippen LogP contribution in [0.25, 0.3) is 0 Å². The Morgan fingerprint density at radius 1 is 1.50 bits per heavy atom. The summed E-state index contributed by atoms with van der Waals surface area (Å²) in [6, 6.07) is 0. The fourth-order valence-electron chi connectivity index (χ4n) is 2.29. The molecule has 3 N–H and O–H groups in total. The van der Waals surface area contributed by atoms with Gasteiger partial charge in [0.1, 0.15) is 17.6 Å². The van der Waals surface area contributed by atoms with Crippen molar-refractivity contribution in [3.63, 3.8) is 0 Å². The van der Waals surface area contributed by atoms with Crippen molar-refractivity contribution >= 4 is 11.7 Å². The van der Waals surface area contributed by atoms with Crippen LogP contribution in [0, 0.1) is 5.41 Å². The molecule has 6 heteroatoms. The molecule has 2 rings (SSSR count). The topological polar surface area (TPSA) is 91.6 Å². The van der Waals surface area contributed by atoms with Gasteiger partial charge in [-0.25, -0.2) is 4.79 Å². The minimum Gasteiger partial charge on any atom is -0.490 e. The summed E-state index contributed by atoms with van der Waals surface area (Å²) >= 11 is 0. The van der Waals surface area contributed by atoms with E-state index in [9.17, 15) is 9.90 Å². The molecule has 2 aliphatic rings. The van der Waals surface area contributed by atoms with E-state index in [-0.39, 0.29) is 29.4 Å². The smallest absolute Gasteiger partial charge is 0.339 e. The number of hydrogen-bond donors (Lipinski definition) is 3. The van der Waals surface area contributed by atoms with Gasteiger partial charge in [0, 0.05) is 24.5 Å². The minimum absolute atomic E-state index is 0.0577. The Labute approximate surface area is 130 Å². The number of allylic oxidation sites excluding steroid dienone is 3. The van der Waals surface area contributed by atoms with Gasteiger partial charge in [-0.2, -0.15) is 0 Å². The molecule has 1 fully saturated rings. The summed E-state index contributed by atoms with van der Waals surface area (Å²) < 4.78 is 11.0. The number of carboxylic acid groups (broad SMARTS) is 1. The van der Waals surface area contributed by atoms with Gasteiger partial charge < -0.3 is 25.3 Å². The fraction of sp³-hybridized carbons (Fsp3) is 0.500. The SMILES string of the molecule is CC(C)OC1=CC(=N)/C(=C\NC2CCCCO2)C=C1C(=O)O. The molecule has 0 radical (unpaired) electrons. The molecule has 1 aliphatic carbocycles. The average molecular weight is 306 g/mol. The Kier molecular flexibility index (Phi) is 5.38. The first-order valence-electron chi connectivity index (χ1n) is 7.48. The van der Waals surface area contributed by atoms with Crippen molar-refractivity contribution in [3.05, 3.63) is 35.3 Å². The zero-order valence-corrected chi connectivity index (χ0v) is 12.9. The van der Waals surface area contributed by atoms with Crippen molar-refractivity contribution in [2.24, 2.45) is 0 Å². The second kappa shape index (κ2) is 7.26. The highest BCUT2D eigenvalue weighted by molar-refractivity contribution is 6.13. The van der Waals surface area contributed by atoms with Crippen molar-refractivity contribution in [1.82, 2.24) is 5.32 Å². The highest BCUT2D eigenvalue weighted by Gasteiger charge is 2.23. The summed E-state index contributed by atoms with van der Waals surface area (Å²) in [6.45, 7) is 4.36. The number of aliphatic carboxylic acids is 1. The number of ether oxygens (including phenoxy) is 2. The van der Waals surface area contributed by atoms with E-state index in [1.165, 1.54) is 12.2 Å². The van der Waals surface area contributed by atoms with E-state index < -0.39 is 5.97 Å². The summed E-state index contributed by atoms with van der Waals surface area (Å²) in [4.78, 5) is 11.4. The largest absolute Gasteiger partial charge is 0.490 e. The molecule has 0 aromatic rings. The molecular formula is C16H22N2O4. The molecule has 22 heavy (non-hydrogen) atoms. The van der Waals surface area contributed by atoms with Crippen LogP contribution in [0.2, 0.25) is 0 Å². The van der Waals surface area contributed by atoms with Gasteiger partial charge in [-0.1, -0.05) is 0 Å². The van der Waals surface area contributed by atoms with Gasteiger partial charge in [0.15, 0.2) is 0 Å². The predicted molar refractivity (Wildman–Crippen MR) is 82.6 cm³/mol. The Morgan fingerprint density at radius 2 is 2.27 bits per heavy atom. The third kappa shape index (κ3) is 4.21. The van der Waals surface area contributed by atoms with Crippen LogP contribution in [-0.2, 0) is 14.3 Å². The fourth-order valence-corrected chi connectivity index (χ4v) is 2.29. The van der Waals surface area contributed by atoms with Crippen molar-refractivity contribution in [2.45, 2.75) is 45.4 Å². The first kappa shape index (κ1) is 16.3. The maximum absolute atomic E-state index is 11.4. The minimum atomic E-state index is -1.07. The van der Waals surface area contributed by atoms with Crippen LogP contribution in [0.3, 0.4) is 0 Å². The van der Waals surface area contributed by atoms with Crippen LogP contribution in [-0.4, -0.2) is 35.7 Å². The summed E-state index contributed by atoms with van der Waals surface area (Å²) in [5.41, 5.74) is 0.772. The standard InChI is InChI=1S/C16H22N2O4/c1-10(2)22-14-8-13(17)11(7-12(14)16(19)20)9-18-15-5-3-4-6-21-15/h7-10,15,17-18H,3-6H2,1-2H3,(H,19,20)/b11-9-,17-13?. The Hall–Kier alpha value is -2.08. The van der Waals surface area contributed by atoms with E-state index >= 15 is 0 Å². The van der Waals surface area contributed by atoms with Crippen molar-refractivity contribution in [3.8, 4) is 0 Å². The number of carboxylic acids is 1. The van der Waals surface area contributed by atoms with Gasteiger partial charge >= 0.3 is 5.97 Å². The molecule has 1 heterocycles. The van der Waals surface area contributed by atoms with Gasteiger partial charge in [-0.15, -0.1) is 0 Å². The highest BCUT2D eigenvalue weighted by Crippen LogP contribution is 2.23. The summed E-state index contributed by atoms with van der Waals surface area (Å²) in [5, 5.41) is 20.4. The molecule has 0 aromatic heterocycles. The lowest BCUT2D eigenvalue weighted by atomic mass is 9.99. The maximum Gasteiger partial charge on any atom is 0.339 e. The first-order chi connectivity index (χ1) is 10.5. The lowest BCUT2D eigenvalue weighted by Gasteiger charge is -2.23. The van der Waals surface area contributed by atoms with E-state index in [2.05, 4.69) is 5.32 Å². The predicted octanol–water partition coefficient (Wildman–Crippen LogP) is 2.34. The van der Waals surface area contributed by atoms with Gasteiger partial charge in [-0.3, -0.25) is 0 Å². The monoisotopic (exact) mass is 306 g/mol. The molecule has 1 atom stereocenters. The molecule has 0 aromatic carbocycles. The van der Waals surface area contributed by atoms with Gasteiger partial charge in [0.25, 0.3) is 0 Å². The zero-order valence-electron chi connectivity index (χ0n) is 12.9. The van der Waals surface area contributed by atoms with E-state index in [0.717, 1.165) is 25.9 Å². The summed E-state index contributed by atoms with van der Waals surface area (Å²) in [7, 11) is 0. The quantitative estimate of drug-likeness (QED) is 0.725. The molecule has 0 spiro atoms. The van der Waals surface area contributed by atoms with E-state index in [4.69, 9.17) is 14.9 Å².